The number of carbonyl (C=O) groups is 1. The SMILES string of the molecule is CC(=O)Nc1ccc(S(=O)(=O)CC=CNc2nc(-c3ccccn3)cc3cccnc23)cc1. The molecule has 0 saturated heterocycles. The van der Waals surface area contributed by atoms with Crippen LogP contribution >= 0.6 is 0 Å². The number of sulfone groups is 1. The average molecular weight is 460 g/mol. The Labute approximate surface area is 191 Å². The fourth-order valence-corrected chi connectivity index (χ4v) is 4.28. The standard InChI is InChI=1S/C24H21N5O3S/c1-17(30)28-19-8-10-20(11-9-19)33(31,32)15-5-14-27-24-23-18(6-4-13-26-23)16-22(29-24)21-7-2-3-12-25-21/h2-14,16H,15H2,1H3,(H,27,29)(H,28,30). The van der Waals surface area contributed by atoms with E-state index in [1.54, 1.807) is 30.7 Å². The molecule has 4 rings (SSSR count). The Morgan fingerprint density at radius 3 is 2.48 bits per heavy atom. The van der Waals surface area contributed by atoms with Gasteiger partial charge in [-0.05, 0) is 54.7 Å². The molecule has 0 spiro atoms. The van der Waals surface area contributed by atoms with Gasteiger partial charge < -0.3 is 10.6 Å². The molecule has 1 aromatic carbocycles. The zero-order chi connectivity index (χ0) is 23.3. The smallest absolute Gasteiger partial charge is 0.221 e. The lowest BCUT2D eigenvalue weighted by Gasteiger charge is -2.08. The summed E-state index contributed by atoms with van der Waals surface area (Å²) in [4.78, 5) is 24.6. The first-order valence-electron chi connectivity index (χ1n) is 10.1. The second kappa shape index (κ2) is 9.58. The van der Waals surface area contributed by atoms with E-state index in [9.17, 15) is 13.2 Å². The number of fused-ring (bicyclic) bond motifs is 1. The molecular weight excluding hydrogens is 438 g/mol. The fourth-order valence-electron chi connectivity index (χ4n) is 3.19. The van der Waals surface area contributed by atoms with Gasteiger partial charge in [0.2, 0.25) is 5.91 Å². The molecule has 0 unspecified atom stereocenters. The Morgan fingerprint density at radius 2 is 1.76 bits per heavy atom. The Kier molecular flexibility index (Phi) is 6.41. The minimum Gasteiger partial charge on any atom is -0.345 e. The zero-order valence-corrected chi connectivity index (χ0v) is 18.6. The number of hydrogen-bond donors (Lipinski definition) is 2. The molecular formula is C24H21N5O3S. The first kappa shape index (κ1) is 22.1. The largest absolute Gasteiger partial charge is 0.345 e. The summed E-state index contributed by atoms with van der Waals surface area (Å²) in [6, 6.07) is 17.3. The second-order valence-corrected chi connectivity index (χ2v) is 9.21. The molecule has 8 nitrogen and oxygen atoms in total. The van der Waals surface area contributed by atoms with Crippen LogP contribution in [0.5, 0.6) is 0 Å². The molecule has 3 heterocycles. The van der Waals surface area contributed by atoms with E-state index >= 15 is 0 Å². The number of aromatic nitrogens is 3. The third-order valence-corrected chi connectivity index (χ3v) is 6.32. The monoisotopic (exact) mass is 459 g/mol. The van der Waals surface area contributed by atoms with Crippen LogP contribution in [0.1, 0.15) is 6.92 Å². The van der Waals surface area contributed by atoms with Crippen LogP contribution in [0.25, 0.3) is 22.3 Å². The van der Waals surface area contributed by atoms with Crippen molar-refractivity contribution in [1.82, 2.24) is 15.0 Å². The highest BCUT2D eigenvalue weighted by Gasteiger charge is 2.13. The molecule has 2 N–H and O–H groups in total. The van der Waals surface area contributed by atoms with Crippen molar-refractivity contribution in [2.75, 3.05) is 16.4 Å². The third-order valence-electron chi connectivity index (χ3n) is 4.70. The van der Waals surface area contributed by atoms with Crippen molar-refractivity contribution >= 4 is 38.2 Å². The average Bonchev–Trinajstić information content (AvgIpc) is 2.82. The van der Waals surface area contributed by atoms with Crippen LogP contribution in [0.4, 0.5) is 11.5 Å². The molecule has 3 aromatic heterocycles. The molecule has 0 aliphatic heterocycles. The maximum absolute atomic E-state index is 12.6. The van der Waals surface area contributed by atoms with Crippen molar-refractivity contribution in [3.8, 4) is 11.4 Å². The molecule has 0 saturated carbocycles. The van der Waals surface area contributed by atoms with Gasteiger partial charge in [-0.1, -0.05) is 18.2 Å². The van der Waals surface area contributed by atoms with Crippen LogP contribution in [0.2, 0.25) is 0 Å². The first-order valence-corrected chi connectivity index (χ1v) is 11.8. The molecule has 0 aliphatic rings. The Hall–Kier alpha value is -4.11. The molecule has 0 aliphatic carbocycles. The van der Waals surface area contributed by atoms with Gasteiger partial charge >= 0.3 is 0 Å². The number of nitrogens with zero attached hydrogens (tertiary/aromatic N) is 3. The van der Waals surface area contributed by atoms with Gasteiger partial charge in [-0.2, -0.15) is 0 Å². The van der Waals surface area contributed by atoms with Crippen molar-refractivity contribution in [2.45, 2.75) is 11.8 Å². The Balaban J connectivity index is 1.52. The molecule has 0 bridgehead atoms. The van der Waals surface area contributed by atoms with E-state index in [4.69, 9.17) is 0 Å². The minimum atomic E-state index is -3.54. The lowest BCUT2D eigenvalue weighted by molar-refractivity contribution is -0.114. The molecule has 9 heteroatoms. The maximum atomic E-state index is 12.6. The highest BCUT2D eigenvalue weighted by Crippen LogP contribution is 2.25. The van der Waals surface area contributed by atoms with Crippen molar-refractivity contribution in [1.29, 1.82) is 0 Å². The number of carbonyl (C=O) groups excluding carboxylic acids is 1. The van der Waals surface area contributed by atoms with Gasteiger partial charge in [0.25, 0.3) is 0 Å². The van der Waals surface area contributed by atoms with E-state index in [0.29, 0.717) is 22.7 Å². The number of amides is 1. The first-order chi connectivity index (χ1) is 15.9. The van der Waals surface area contributed by atoms with Crippen LogP contribution in [0.3, 0.4) is 0 Å². The lowest BCUT2D eigenvalue weighted by atomic mass is 10.1. The summed E-state index contributed by atoms with van der Waals surface area (Å²) >= 11 is 0. The maximum Gasteiger partial charge on any atom is 0.221 e. The van der Waals surface area contributed by atoms with Gasteiger partial charge in [-0.15, -0.1) is 0 Å². The minimum absolute atomic E-state index is 0.170. The summed E-state index contributed by atoms with van der Waals surface area (Å²) in [5, 5.41) is 6.55. The van der Waals surface area contributed by atoms with Gasteiger partial charge in [0.05, 0.1) is 22.0 Å². The Morgan fingerprint density at radius 1 is 0.970 bits per heavy atom. The number of anilines is 2. The van der Waals surface area contributed by atoms with E-state index < -0.39 is 9.84 Å². The van der Waals surface area contributed by atoms with E-state index in [1.165, 1.54) is 25.1 Å². The van der Waals surface area contributed by atoms with Crippen molar-refractivity contribution in [3.05, 3.63) is 85.3 Å². The molecule has 33 heavy (non-hydrogen) atoms. The van der Waals surface area contributed by atoms with Crippen LogP contribution in [0, 0.1) is 0 Å². The highest BCUT2D eigenvalue weighted by atomic mass is 32.2. The number of benzene rings is 1. The number of rotatable bonds is 7. The van der Waals surface area contributed by atoms with Crippen LogP contribution in [-0.2, 0) is 14.6 Å². The van der Waals surface area contributed by atoms with Gasteiger partial charge in [0.1, 0.15) is 5.52 Å². The van der Waals surface area contributed by atoms with E-state index in [2.05, 4.69) is 25.6 Å². The number of hydrogen-bond acceptors (Lipinski definition) is 7. The fraction of sp³-hybridized carbons (Fsp3) is 0.0833. The van der Waals surface area contributed by atoms with Crippen LogP contribution < -0.4 is 10.6 Å². The number of pyridine rings is 3. The van der Waals surface area contributed by atoms with Crippen molar-refractivity contribution in [3.63, 3.8) is 0 Å². The van der Waals surface area contributed by atoms with Gasteiger partial charge in [0, 0.05) is 30.4 Å². The van der Waals surface area contributed by atoms with E-state index in [0.717, 1.165) is 11.1 Å². The molecule has 0 atom stereocenters. The summed E-state index contributed by atoms with van der Waals surface area (Å²) in [6.45, 7) is 1.39. The summed E-state index contributed by atoms with van der Waals surface area (Å²) in [5.74, 6) is 0.0783. The Bertz CT molecular complexity index is 1420. The van der Waals surface area contributed by atoms with Gasteiger partial charge in [-0.25, -0.2) is 13.4 Å². The van der Waals surface area contributed by atoms with E-state index in [1.807, 2.05) is 36.4 Å². The normalized spacial score (nSPS) is 11.5. The predicted octanol–water partition coefficient (Wildman–Crippen LogP) is 4.05. The molecule has 0 fully saturated rings. The topological polar surface area (TPSA) is 114 Å². The molecule has 0 radical (unpaired) electrons. The predicted molar refractivity (Wildman–Crippen MR) is 128 cm³/mol. The highest BCUT2D eigenvalue weighted by molar-refractivity contribution is 7.91. The third kappa shape index (κ3) is 5.39. The second-order valence-electron chi connectivity index (χ2n) is 7.18. The molecule has 1 amide bonds. The quantitative estimate of drug-likeness (QED) is 0.428. The van der Waals surface area contributed by atoms with Crippen molar-refractivity contribution < 1.29 is 13.2 Å². The molecule has 4 aromatic rings. The van der Waals surface area contributed by atoms with Crippen molar-refractivity contribution in [2.24, 2.45) is 0 Å². The molecule has 166 valence electrons. The van der Waals surface area contributed by atoms with Gasteiger partial charge in [0.15, 0.2) is 15.7 Å². The van der Waals surface area contributed by atoms with E-state index in [-0.39, 0.29) is 16.6 Å². The summed E-state index contributed by atoms with van der Waals surface area (Å²) < 4.78 is 25.3. The summed E-state index contributed by atoms with van der Waals surface area (Å²) in [6.07, 6.45) is 6.43. The number of nitrogens with one attached hydrogen (secondary N) is 2. The van der Waals surface area contributed by atoms with Gasteiger partial charge in [-0.3, -0.25) is 14.8 Å². The van der Waals surface area contributed by atoms with Crippen LogP contribution in [-0.4, -0.2) is 35.0 Å². The lowest BCUT2D eigenvalue weighted by Crippen LogP contribution is -2.08. The zero-order valence-electron chi connectivity index (χ0n) is 17.8. The van der Waals surface area contributed by atoms with Crippen LogP contribution in [0.15, 0.2) is 90.2 Å². The summed E-state index contributed by atoms with van der Waals surface area (Å²) in [5.41, 5.74) is 2.61. The summed E-state index contributed by atoms with van der Waals surface area (Å²) in [7, 11) is -3.54.